The predicted octanol–water partition coefficient (Wildman–Crippen LogP) is 3.47. The molecule has 1 aromatic rings. The number of nitrogens with one attached hydrogen (secondary N) is 1. The van der Waals surface area contributed by atoms with Crippen LogP contribution in [0, 0.1) is 0 Å². The van der Waals surface area contributed by atoms with Gasteiger partial charge in [0, 0.05) is 12.6 Å². The normalized spacial score (nSPS) is 15.6. The van der Waals surface area contributed by atoms with Crippen molar-refractivity contribution < 1.29 is 14.6 Å². The van der Waals surface area contributed by atoms with Crippen molar-refractivity contribution >= 4 is 5.97 Å². The summed E-state index contributed by atoms with van der Waals surface area (Å²) in [4.78, 5) is 12.1. The SMILES string of the molecule is CCCC(CCc1ccccc1)NCC(C)(O)C(=O)OC(C)(C)C. The Hall–Kier alpha value is -1.39. The average Bonchev–Trinajstić information content (AvgIpc) is 2.49. The first kappa shape index (κ1) is 20.7. The van der Waals surface area contributed by atoms with Gasteiger partial charge < -0.3 is 15.2 Å². The van der Waals surface area contributed by atoms with E-state index in [9.17, 15) is 9.90 Å². The Morgan fingerprint density at radius 2 is 1.79 bits per heavy atom. The summed E-state index contributed by atoms with van der Waals surface area (Å²) in [6.45, 7) is 9.25. The minimum Gasteiger partial charge on any atom is -0.458 e. The summed E-state index contributed by atoms with van der Waals surface area (Å²) < 4.78 is 5.30. The minimum atomic E-state index is -1.52. The number of hydrogen-bond acceptors (Lipinski definition) is 4. The fraction of sp³-hybridized carbons (Fsp3) is 0.650. The van der Waals surface area contributed by atoms with E-state index in [1.807, 2.05) is 18.2 Å². The van der Waals surface area contributed by atoms with Crippen LogP contribution in [0.5, 0.6) is 0 Å². The van der Waals surface area contributed by atoms with Crippen LogP contribution in [-0.2, 0) is 16.0 Å². The molecule has 4 nitrogen and oxygen atoms in total. The van der Waals surface area contributed by atoms with Crippen LogP contribution in [0.2, 0.25) is 0 Å². The van der Waals surface area contributed by atoms with E-state index in [-0.39, 0.29) is 12.6 Å². The van der Waals surface area contributed by atoms with Gasteiger partial charge in [0.2, 0.25) is 0 Å². The first-order valence-electron chi connectivity index (χ1n) is 8.87. The van der Waals surface area contributed by atoms with Crippen LogP contribution in [0.1, 0.15) is 59.4 Å². The molecule has 0 aromatic heterocycles. The van der Waals surface area contributed by atoms with Crippen molar-refractivity contribution in [3.63, 3.8) is 0 Å². The number of esters is 1. The minimum absolute atomic E-state index is 0.196. The summed E-state index contributed by atoms with van der Waals surface area (Å²) in [5.74, 6) is -0.583. The third-order valence-electron chi connectivity index (χ3n) is 3.84. The standard InChI is InChI=1S/C20H33NO3/c1-6-10-17(14-13-16-11-8-7-9-12-16)21-15-20(5,23)18(22)24-19(2,3)4/h7-9,11-12,17,21,23H,6,10,13-15H2,1-5H3. The molecule has 0 bridgehead atoms. The smallest absolute Gasteiger partial charge is 0.339 e. The molecule has 0 fully saturated rings. The van der Waals surface area contributed by atoms with Crippen LogP contribution >= 0.6 is 0 Å². The van der Waals surface area contributed by atoms with Gasteiger partial charge in [-0.2, -0.15) is 0 Å². The third kappa shape index (κ3) is 7.93. The fourth-order valence-electron chi connectivity index (χ4n) is 2.49. The van der Waals surface area contributed by atoms with E-state index in [0.717, 1.165) is 25.7 Å². The summed E-state index contributed by atoms with van der Waals surface area (Å²) in [5, 5.41) is 13.8. The monoisotopic (exact) mass is 335 g/mol. The van der Waals surface area contributed by atoms with Gasteiger partial charge in [-0.3, -0.25) is 0 Å². The highest BCUT2D eigenvalue weighted by molar-refractivity contribution is 5.79. The van der Waals surface area contributed by atoms with Crippen molar-refractivity contribution in [3.05, 3.63) is 35.9 Å². The Bertz CT molecular complexity index is 491. The highest BCUT2D eigenvalue weighted by atomic mass is 16.6. The van der Waals surface area contributed by atoms with Crippen LogP contribution < -0.4 is 5.32 Å². The maximum absolute atomic E-state index is 12.1. The molecule has 0 saturated carbocycles. The second-order valence-corrected chi connectivity index (χ2v) is 7.67. The molecule has 0 amide bonds. The van der Waals surface area contributed by atoms with Crippen LogP contribution in [0.4, 0.5) is 0 Å². The molecule has 0 aliphatic rings. The zero-order valence-corrected chi connectivity index (χ0v) is 15.8. The lowest BCUT2D eigenvalue weighted by atomic mass is 10.00. The lowest BCUT2D eigenvalue weighted by molar-refractivity contribution is -0.175. The fourth-order valence-corrected chi connectivity index (χ4v) is 2.49. The molecule has 0 aliphatic heterocycles. The Morgan fingerprint density at radius 3 is 2.33 bits per heavy atom. The van der Waals surface area contributed by atoms with Crippen molar-refractivity contribution in [1.82, 2.24) is 5.32 Å². The van der Waals surface area contributed by atoms with E-state index in [4.69, 9.17) is 4.74 Å². The lowest BCUT2D eigenvalue weighted by Crippen LogP contribution is -2.50. The number of aliphatic hydroxyl groups is 1. The average molecular weight is 335 g/mol. The number of carbonyl (C=O) groups is 1. The van der Waals surface area contributed by atoms with Crippen LogP contribution in [0.3, 0.4) is 0 Å². The molecule has 0 saturated heterocycles. The third-order valence-corrected chi connectivity index (χ3v) is 3.84. The topological polar surface area (TPSA) is 58.6 Å². The molecular weight excluding hydrogens is 302 g/mol. The molecule has 0 aliphatic carbocycles. The second-order valence-electron chi connectivity index (χ2n) is 7.67. The molecular formula is C20H33NO3. The highest BCUT2D eigenvalue weighted by Crippen LogP contribution is 2.15. The molecule has 1 rings (SSSR count). The molecule has 0 radical (unpaired) electrons. The molecule has 4 heteroatoms. The van der Waals surface area contributed by atoms with E-state index in [1.54, 1.807) is 20.8 Å². The number of benzene rings is 1. The van der Waals surface area contributed by atoms with Gasteiger partial charge in [-0.1, -0.05) is 43.7 Å². The Labute approximate surface area is 146 Å². The van der Waals surface area contributed by atoms with E-state index in [0.29, 0.717) is 0 Å². The molecule has 2 atom stereocenters. The first-order chi connectivity index (χ1) is 11.1. The Kier molecular flexibility index (Phi) is 7.91. The number of rotatable bonds is 9. The molecule has 24 heavy (non-hydrogen) atoms. The Morgan fingerprint density at radius 1 is 1.17 bits per heavy atom. The zero-order valence-electron chi connectivity index (χ0n) is 15.8. The molecule has 1 aromatic carbocycles. The molecule has 2 unspecified atom stereocenters. The van der Waals surface area contributed by atoms with Crippen molar-refractivity contribution in [1.29, 1.82) is 0 Å². The molecule has 0 heterocycles. The van der Waals surface area contributed by atoms with Crippen molar-refractivity contribution in [2.45, 2.75) is 77.5 Å². The predicted molar refractivity (Wildman–Crippen MR) is 97.9 cm³/mol. The maximum atomic E-state index is 12.1. The molecule has 136 valence electrons. The maximum Gasteiger partial charge on any atom is 0.339 e. The lowest BCUT2D eigenvalue weighted by Gasteiger charge is -2.29. The largest absolute Gasteiger partial charge is 0.458 e. The van der Waals surface area contributed by atoms with Gasteiger partial charge in [-0.05, 0) is 52.5 Å². The summed E-state index contributed by atoms with van der Waals surface area (Å²) in [6.07, 6.45) is 4.02. The summed E-state index contributed by atoms with van der Waals surface area (Å²) in [6, 6.07) is 10.6. The van der Waals surface area contributed by atoms with E-state index in [1.165, 1.54) is 12.5 Å². The van der Waals surface area contributed by atoms with Gasteiger partial charge in [0.15, 0.2) is 5.60 Å². The van der Waals surface area contributed by atoms with Gasteiger partial charge in [0.05, 0.1) is 0 Å². The quantitative estimate of drug-likeness (QED) is 0.679. The van der Waals surface area contributed by atoms with Crippen molar-refractivity contribution in [2.75, 3.05) is 6.54 Å². The van der Waals surface area contributed by atoms with E-state index in [2.05, 4.69) is 24.4 Å². The molecule has 0 spiro atoms. The van der Waals surface area contributed by atoms with E-state index >= 15 is 0 Å². The number of carbonyl (C=O) groups excluding carboxylic acids is 1. The summed E-state index contributed by atoms with van der Waals surface area (Å²) >= 11 is 0. The van der Waals surface area contributed by atoms with Gasteiger partial charge in [0.1, 0.15) is 5.60 Å². The highest BCUT2D eigenvalue weighted by Gasteiger charge is 2.35. The van der Waals surface area contributed by atoms with Crippen molar-refractivity contribution in [3.8, 4) is 0 Å². The van der Waals surface area contributed by atoms with Gasteiger partial charge in [-0.25, -0.2) is 4.79 Å². The van der Waals surface area contributed by atoms with E-state index < -0.39 is 17.2 Å². The number of ether oxygens (including phenoxy) is 1. The van der Waals surface area contributed by atoms with Crippen LogP contribution in [0.25, 0.3) is 0 Å². The summed E-state index contributed by atoms with van der Waals surface area (Å²) in [5.41, 5.74) is -0.817. The Balaban J connectivity index is 2.53. The first-order valence-corrected chi connectivity index (χ1v) is 8.87. The second kappa shape index (κ2) is 9.19. The van der Waals surface area contributed by atoms with Crippen molar-refractivity contribution in [2.24, 2.45) is 0 Å². The van der Waals surface area contributed by atoms with Gasteiger partial charge >= 0.3 is 5.97 Å². The zero-order chi connectivity index (χ0) is 18.2. The van der Waals surface area contributed by atoms with Gasteiger partial charge in [-0.15, -0.1) is 0 Å². The molecule has 2 N–H and O–H groups in total. The number of aryl methyl sites for hydroxylation is 1. The summed E-state index contributed by atoms with van der Waals surface area (Å²) in [7, 11) is 0. The van der Waals surface area contributed by atoms with Gasteiger partial charge in [0.25, 0.3) is 0 Å². The van der Waals surface area contributed by atoms with Crippen LogP contribution in [-0.4, -0.2) is 34.9 Å². The number of hydrogen-bond donors (Lipinski definition) is 2. The van der Waals surface area contributed by atoms with Crippen LogP contribution in [0.15, 0.2) is 30.3 Å².